The van der Waals surface area contributed by atoms with Crippen molar-refractivity contribution in [2.75, 3.05) is 6.26 Å². The zero-order valence-electron chi connectivity index (χ0n) is 6.94. The number of nitrogens with zero attached hydrogens (tertiary/aromatic N) is 2. The van der Waals surface area contributed by atoms with E-state index in [9.17, 15) is 4.79 Å². The van der Waals surface area contributed by atoms with Crippen LogP contribution >= 0.6 is 11.8 Å². The molecule has 66 valence electrons. The topological polar surface area (TPSA) is 55.1 Å². The molecule has 0 radical (unpaired) electrons. The van der Waals surface area contributed by atoms with E-state index < -0.39 is 5.97 Å². The van der Waals surface area contributed by atoms with Crippen molar-refractivity contribution in [2.45, 2.75) is 18.6 Å². The van der Waals surface area contributed by atoms with Gasteiger partial charge in [0, 0.05) is 11.9 Å². The van der Waals surface area contributed by atoms with Gasteiger partial charge in [-0.3, -0.25) is 4.79 Å². The molecule has 0 unspecified atom stereocenters. The maximum Gasteiger partial charge on any atom is 0.323 e. The van der Waals surface area contributed by atoms with E-state index in [-0.39, 0.29) is 6.54 Å². The lowest BCUT2D eigenvalue weighted by atomic mass is 10.5. The highest BCUT2D eigenvalue weighted by molar-refractivity contribution is 7.98. The summed E-state index contributed by atoms with van der Waals surface area (Å²) in [5.74, 6) is -0.841. The minimum absolute atomic E-state index is 0.0119. The summed E-state index contributed by atoms with van der Waals surface area (Å²) < 4.78 is 1.67. The van der Waals surface area contributed by atoms with Crippen LogP contribution in [0.5, 0.6) is 0 Å². The predicted octanol–water partition coefficient (Wildman–Crippen LogP) is 0.998. The first-order chi connectivity index (χ1) is 5.65. The Morgan fingerprint density at radius 3 is 3.00 bits per heavy atom. The van der Waals surface area contributed by atoms with E-state index in [0.717, 1.165) is 10.9 Å². The second-order valence-corrected chi connectivity index (χ2v) is 3.14. The SMILES string of the molecule is CSc1ncc(C)n1CC(=O)O. The summed E-state index contributed by atoms with van der Waals surface area (Å²) in [5.41, 5.74) is 0.877. The molecule has 12 heavy (non-hydrogen) atoms. The predicted molar refractivity (Wildman–Crippen MR) is 46.4 cm³/mol. The first kappa shape index (κ1) is 9.12. The fourth-order valence-corrected chi connectivity index (χ4v) is 1.52. The van der Waals surface area contributed by atoms with Crippen molar-refractivity contribution in [2.24, 2.45) is 0 Å². The lowest BCUT2D eigenvalue weighted by molar-refractivity contribution is -0.137. The Labute approximate surface area is 74.6 Å². The molecule has 1 N–H and O–H groups in total. The fourth-order valence-electron chi connectivity index (χ4n) is 0.929. The van der Waals surface area contributed by atoms with Crippen molar-refractivity contribution in [3.05, 3.63) is 11.9 Å². The lowest BCUT2D eigenvalue weighted by Gasteiger charge is -2.03. The van der Waals surface area contributed by atoms with Crippen molar-refractivity contribution < 1.29 is 9.90 Å². The van der Waals surface area contributed by atoms with E-state index >= 15 is 0 Å². The molecule has 0 saturated heterocycles. The summed E-state index contributed by atoms with van der Waals surface area (Å²) in [6.45, 7) is 1.83. The van der Waals surface area contributed by atoms with Crippen molar-refractivity contribution in [3.8, 4) is 0 Å². The van der Waals surface area contributed by atoms with Gasteiger partial charge in [0.25, 0.3) is 0 Å². The maximum absolute atomic E-state index is 10.4. The summed E-state index contributed by atoms with van der Waals surface area (Å²) in [7, 11) is 0. The molecule has 1 heterocycles. The van der Waals surface area contributed by atoms with E-state index in [2.05, 4.69) is 4.98 Å². The second kappa shape index (κ2) is 3.62. The third kappa shape index (κ3) is 1.79. The first-order valence-corrected chi connectivity index (χ1v) is 4.65. The Bertz CT molecular complexity index is 296. The molecule has 0 spiro atoms. The molecule has 0 aliphatic heterocycles. The van der Waals surface area contributed by atoms with Crippen molar-refractivity contribution in [1.29, 1.82) is 0 Å². The number of carboxylic acid groups (broad SMARTS) is 1. The third-order valence-electron chi connectivity index (χ3n) is 1.49. The Balaban J connectivity index is 2.94. The van der Waals surface area contributed by atoms with Crippen LogP contribution in [0.1, 0.15) is 5.69 Å². The Hall–Kier alpha value is -0.970. The van der Waals surface area contributed by atoms with Gasteiger partial charge in [-0.25, -0.2) is 4.98 Å². The van der Waals surface area contributed by atoms with Gasteiger partial charge in [-0.2, -0.15) is 0 Å². The average Bonchev–Trinajstić information content (AvgIpc) is 2.32. The first-order valence-electron chi connectivity index (χ1n) is 3.43. The summed E-state index contributed by atoms with van der Waals surface area (Å²) in [6, 6.07) is 0. The third-order valence-corrected chi connectivity index (χ3v) is 2.19. The van der Waals surface area contributed by atoms with Gasteiger partial charge < -0.3 is 9.67 Å². The van der Waals surface area contributed by atoms with Crippen molar-refractivity contribution in [3.63, 3.8) is 0 Å². The Kier molecular flexibility index (Phi) is 2.75. The summed E-state index contributed by atoms with van der Waals surface area (Å²) in [5, 5.41) is 9.32. The number of carbonyl (C=O) groups is 1. The van der Waals surface area contributed by atoms with Crippen LogP contribution in [0.4, 0.5) is 0 Å². The van der Waals surface area contributed by atoms with Gasteiger partial charge in [0.2, 0.25) is 0 Å². The average molecular weight is 186 g/mol. The van der Waals surface area contributed by atoms with Gasteiger partial charge in [0.1, 0.15) is 6.54 Å². The number of hydrogen-bond acceptors (Lipinski definition) is 3. The normalized spacial score (nSPS) is 10.2. The van der Waals surface area contributed by atoms with E-state index in [0.29, 0.717) is 0 Å². The zero-order chi connectivity index (χ0) is 9.14. The molecule has 1 aromatic heterocycles. The van der Waals surface area contributed by atoms with Crippen molar-refractivity contribution >= 4 is 17.7 Å². The molecule has 0 aliphatic rings. The van der Waals surface area contributed by atoms with Crippen LogP contribution in [0.2, 0.25) is 0 Å². The van der Waals surface area contributed by atoms with E-state index in [1.54, 1.807) is 10.8 Å². The molecule has 0 amide bonds. The van der Waals surface area contributed by atoms with Crippen LogP contribution in [-0.2, 0) is 11.3 Å². The minimum Gasteiger partial charge on any atom is -0.480 e. The molecular formula is C7H10N2O2S. The molecule has 0 fully saturated rings. The number of hydrogen-bond donors (Lipinski definition) is 1. The largest absolute Gasteiger partial charge is 0.480 e. The number of rotatable bonds is 3. The number of aliphatic carboxylic acids is 1. The van der Waals surface area contributed by atoms with Crippen LogP contribution in [0.15, 0.2) is 11.4 Å². The quantitative estimate of drug-likeness (QED) is 0.715. The van der Waals surface area contributed by atoms with Crippen LogP contribution in [-0.4, -0.2) is 26.9 Å². The van der Waals surface area contributed by atoms with Gasteiger partial charge in [0.05, 0.1) is 0 Å². The number of imidazole rings is 1. The summed E-state index contributed by atoms with van der Waals surface area (Å²) in [4.78, 5) is 14.5. The smallest absolute Gasteiger partial charge is 0.323 e. The molecule has 4 nitrogen and oxygen atoms in total. The molecule has 1 aromatic rings. The molecule has 0 saturated carbocycles. The number of aromatic nitrogens is 2. The van der Waals surface area contributed by atoms with E-state index in [4.69, 9.17) is 5.11 Å². The standard InChI is InChI=1S/C7H10N2O2S/c1-5-3-8-7(12-2)9(5)4-6(10)11/h3H,4H2,1-2H3,(H,10,11). The van der Waals surface area contributed by atoms with Gasteiger partial charge in [-0.05, 0) is 13.2 Å². The maximum atomic E-state index is 10.4. The van der Waals surface area contributed by atoms with E-state index in [1.165, 1.54) is 11.8 Å². The molecule has 0 bridgehead atoms. The van der Waals surface area contributed by atoms with Gasteiger partial charge >= 0.3 is 5.97 Å². The van der Waals surface area contributed by atoms with Crippen LogP contribution in [0, 0.1) is 6.92 Å². The summed E-state index contributed by atoms with van der Waals surface area (Å²) >= 11 is 1.45. The monoisotopic (exact) mass is 186 g/mol. The minimum atomic E-state index is -0.841. The Morgan fingerprint density at radius 1 is 1.83 bits per heavy atom. The second-order valence-electron chi connectivity index (χ2n) is 2.37. The van der Waals surface area contributed by atoms with Gasteiger partial charge in [0.15, 0.2) is 5.16 Å². The van der Waals surface area contributed by atoms with Gasteiger partial charge in [-0.1, -0.05) is 11.8 Å². The number of carboxylic acids is 1. The summed E-state index contributed by atoms with van der Waals surface area (Å²) in [6.07, 6.45) is 3.55. The Morgan fingerprint density at radius 2 is 2.50 bits per heavy atom. The number of thioether (sulfide) groups is 1. The number of aryl methyl sites for hydroxylation is 1. The highest BCUT2D eigenvalue weighted by Gasteiger charge is 2.08. The fraction of sp³-hybridized carbons (Fsp3) is 0.429. The van der Waals surface area contributed by atoms with E-state index in [1.807, 2.05) is 13.2 Å². The highest BCUT2D eigenvalue weighted by Crippen LogP contribution is 2.14. The van der Waals surface area contributed by atoms with Gasteiger partial charge in [-0.15, -0.1) is 0 Å². The van der Waals surface area contributed by atoms with Crippen LogP contribution in [0.25, 0.3) is 0 Å². The highest BCUT2D eigenvalue weighted by atomic mass is 32.2. The van der Waals surface area contributed by atoms with Crippen LogP contribution in [0.3, 0.4) is 0 Å². The molecule has 5 heteroatoms. The lowest BCUT2D eigenvalue weighted by Crippen LogP contribution is -2.10. The van der Waals surface area contributed by atoms with Crippen molar-refractivity contribution in [1.82, 2.24) is 9.55 Å². The molecular weight excluding hydrogens is 176 g/mol. The zero-order valence-corrected chi connectivity index (χ0v) is 7.76. The molecule has 0 aliphatic carbocycles. The molecule has 0 atom stereocenters. The molecule has 0 aromatic carbocycles. The van der Waals surface area contributed by atoms with Crippen LogP contribution < -0.4 is 0 Å². The molecule has 1 rings (SSSR count).